The van der Waals surface area contributed by atoms with E-state index in [-0.39, 0.29) is 36.0 Å². The first kappa shape index (κ1) is 22.8. The average Bonchev–Trinajstić information content (AvgIpc) is 3.57. The first-order valence-electron chi connectivity index (χ1n) is 10.5. The number of aryl methyl sites for hydroxylation is 2. The summed E-state index contributed by atoms with van der Waals surface area (Å²) in [6.07, 6.45) is 1.62. The highest BCUT2D eigenvalue weighted by Gasteiger charge is 2.29. The number of alkyl halides is 2. The van der Waals surface area contributed by atoms with Crippen molar-refractivity contribution in [1.82, 2.24) is 15.3 Å². The second-order valence-corrected chi connectivity index (χ2v) is 7.89. The van der Waals surface area contributed by atoms with E-state index in [4.69, 9.17) is 4.74 Å². The topological polar surface area (TPSA) is 81.2 Å². The highest BCUT2D eigenvalue weighted by atomic mass is 19.3. The molecule has 2 heterocycles. The largest absolute Gasteiger partial charge is 0.471 e. The molecule has 0 aromatic carbocycles. The molecular weight excluding hydrogens is 404 g/mol. The van der Waals surface area contributed by atoms with E-state index >= 15 is 0 Å². The van der Waals surface area contributed by atoms with Gasteiger partial charge in [-0.3, -0.25) is 14.6 Å². The van der Waals surface area contributed by atoms with Gasteiger partial charge in [0.25, 0.3) is 12.3 Å². The van der Waals surface area contributed by atoms with Crippen molar-refractivity contribution in [3.8, 4) is 5.88 Å². The normalized spacial score (nSPS) is 14.4. The molecule has 2 aromatic heterocycles. The Balaban J connectivity index is 1.69. The van der Waals surface area contributed by atoms with Crippen LogP contribution < -0.4 is 10.1 Å². The summed E-state index contributed by atoms with van der Waals surface area (Å²) in [5.74, 6) is 0.215. The van der Waals surface area contributed by atoms with E-state index in [2.05, 4.69) is 15.3 Å². The van der Waals surface area contributed by atoms with Crippen LogP contribution in [0.15, 0.2) is 24.4 Å². The van der Waals surface area contributed by atoms with Crippen LogP contribution in [0.25, 0.3) is 0 Å². The lowest BCUT2D eigenvalue weighted by Gasteiger charge is -2.17. The molecule has 1 fully saturated rings. The maximum Gasteiger partial charge on any atom is 0.272 e. The number of carbonyl (C=O) groups is 2. The van der Waals surface area contributed by atoms with Gasteiger partial charge < -0.3 is 10.1 Å². The zero-order valence-electron chi connectivity index (χ0n) is 18.0. The smallest absolute Gasteiger partial charge is 0.272 e. The van der Waals surface area contributed by atoms with Gasteiger partial charge >= 0.3 is 0 Å². The molecule has 1 unspecified atom stereocenters. The van der Waals surface area contributed by atoms with E-state index in [1.165, 1.54) is 6.20 Å². The number of Topliss-reactive ketones (excluding diaryl/α,β-unsaturated/α-hetero) is 1. The van der Waals surface area contributed by atoms with Crippen molar-refractivity contribution in [2.24, 2.45) is 5.92 Å². The van der Waals surface area contributed by atoms with Gasteiger partial charge in [0.1, 0.15) is 5.78 Å². The van der Waals surface area contributed by atoms with Crippen LogP contribution in [0, 0.1) is 12.8 Å². The highest BCUT2D eigenvalue weighted by Crippen LogP contribution is 2.31. The molecule has 2 aromatic rings. The molecule has 6 nitrogen and oxygen atoms in total. The van der Waals surface area contributed by atoms with Crippen LogP contribution in [0.1, 0.15) is 65.6 Å². The maximum atomic E-state index is 12.8. The monoisotopic (exact) mass is 431 g/mol. The quantitative estimate of drug-likeness (QED) is 0.615. The van der Waals surface area contributed by atoms with Crippen LogP contribution in [0.4, 0.5) is 8.78 Å². The van der Waals surface area contributed by atoms with E-state index in [9.17, 15) is 18.4 Å². The van der Waals surface area contributed by atoms with E-state index < -0.39 is 13.0 Å². The summed E-state index contributed by atoms with van der Waals surface area (Å²) in [6, 6.07) is 4.78. The molecule has 8 heteroatoms. The van der Waals surface area contributed by atoms with Crippen molar-refractivity contribution in [2.45, 2.75) is 58.9 Å². The van der Waals surface area contributed by atoms with Gasteiger partial charge in [-0.15, -0.1) is 0 Å². The van der Waals surface area contributed by atoms with Gasteiger partial charge in [-0.2, -0.15) is 0 Å². The predicted molar refractivity (Wildman–Crippen MR) is 111 cm³/mol. The van der Waals surface area contributed by atoms with Crippen LogP contribution in [0.3, 0.4) is 0 Å². The lowest BCUT2D eigenvalue weighted by atomic mass is 10.1. The van der Waals surface area contributed by atoms with E-state index in [0.29, 0.717) is 28.9 Å². The molecule has 1 aliphatic rings. The summed E-state index contributed by atoms with van der Waals surface area (Å²) >= 11 is 0. The van der Waals surface area contributed by atoms with Crippen molar-refractivity contribution in [2.75, 3.05) is 6.61 Å². The van der Waals surface area contributed by atoms with Gasteiger partial charge in [0.2, 0.25) is 5.88 Å². The molecule has 166 valence electrons. The number of hydrogen-bond acceptors (Lipinski definition) is 5. The van der Waals surface area contributed by atoms with Crippen LogP contribution in [0.2, 0.25) is 0 Å². The SMILES string of the molecule is CCc1cc(C(C)NC(=O)c2cc(C)nc(CC(=O)C3CC3)c2)cnc1OCC(F)F. The Hall–Kier alpha value is -2.90. The molecular formula is C23H27F2N3O3. The van der Waals surface area contributed by atoms with Gasteiger partial charge in [0, 0.05) is 41.1 Å². The molecule has 0 radical (unpaired) electrons. The summed E-state index contributed by atoms with van der Waals surface area (Å²) < 4.78 is 29.9. The number of amides is 1. The Morgan fingerprint density at radius 3 is 2.65 bits per heavy atom. The summed E-state index contributed by atoms with van der Waals surface area (Å²) in [7, 11) is 0. The molecule has 1 N–H and O–H groups in total. The van der Waals surface area contributed by atoms with E-state index in [1.807, 2.05) is 13.8 Å². The Labute approximate surface area is 180 Å². The fourth-order valence-corrected chi connectivity index (χ4v) is 3.33. The fourth-order valence-electron chi connectivity index (χ4n) is 3.33. The molecule has 1 saturated carbocycles. The molecule has 1 amide bonds. The van der Waals surface area contributed by atoms with E-state index in [1.54, 1.807) is 25.1 Å². The lowest BCUT2D eigenvalue weighted by molar-refractivity contribution is -0.119. The minimum atomic E-state index is -2.57. The van der Waals surface area contributed by atoms with Gasteiger partial charge in [-0.25, -0.2) is 13.8 Å². The molecule has 3 rings (SSSR count). The number of ketones is 1. The Morgan fingerprint density at radius 2 is 2.00 bits per heavy atom. The Bertz CT molecular complexity index is 961. The van der Waals surface area contributed by atoms with Gasteiger partial charge in [-0.05, 0) is 56.9 Å². The number of ether oxygens (including phenoxy) is 1. The standard InChI is InChI=1S/C23H27F2N3O3/c1-4-15-8-18(11-26-23(15)31-12-21(24)25)14(3)28-22(30)17-7-13(2)27-19(9-17)10-20(29)16-5-6-16/h7-9,11,14,16,21H,4-6,10,12H2,1-3H3,(H,28,30). The van der Waals surface area contributed by atoms with Crippen molar-refractivity contribution in [3.05, 3.63) is 52.5 Å². The molecule has 0 aliphatic heterocycles. The first-order chi connectivity index (χ1) is 14.8. The minimum absolute atomic E-state index is 0.146. The zero-order chi connectivity index (χ0) is 22.5. The number of carbonyl (C=O) groups excluding carboxylic acids is 2. The average molecular weight is 431 g/mol. The van der Waals surface area contributed by atoms with Crippen LogP contribution in [0.5, 0.6) is 5.88 Å². The second-order valence-electron chi connectivity index (χ2n) is 7.89. The van der Waals surface area contributed by atoms with Crippen molar-refractivity contribution >= 4 is 11.7 Å². The highest BCUT2D eigenvalue weighted by molar-refractivity contribution is 5.95. The summed E-state index contributed by atoms with van der Waals surface area (Å²) in [5, 5.41) is 2.92. The molecule has 1 aliphatic carbocycles. The Morgan fingerprint density at radius 1 is 1.26 bits per heavy atom. The number of nitrogens with zero attached hydrogens (tertiary/aromatic N) is 2. The number of aromatic nitrogens is 2. The second kappa shape index (κ2) is 9.94. The third-order valence-corrected chi connectivity index (χ3v) is 5.18. The number of halogens is 2. The molecule has 0 saturated heterocycles. The summed E-state index contributed by atoms with van der Waals surface area (Å²) in [4.78, 5) is 33.5. The maximum absolute atomic E-state index is 12.8. The third kappa shape index (κ3) is 6.29. The minimum Gasteiger partial charge on any atom is -0.471 e. The predicted octanol–water partition coefficient (Wildman–Crippen LogP) is 4.00. The van der Waals surface area contributed by atoms with Gasteiger partial charge in [0.15, 0.2) is 6.61 Å². The number of nitrogens with one attached hydrogen (secondary N) is 1. The third-order valence-electron chi connectivity index (χ3n) is 5.18. The van der Waals surface area contributed by atoms with E-state index in [0.717, 1.165) is 18.4 Å². The molecule has 0 bridgehead atoms. The molecule has 1 atom stereocenters. The summed E-state index contributed by atoms with van der Waals surface area (Å²) in [6.45, 7) is 4.78. The lowest BCUT2D eigenvalue weighted by Crippen LogP contribution is -2.27. The summed E-state index contributed by atoms with van der Waals surface area (Å²) in [5.41, 5.74) is 3.16. The van der Waals surface area contributed by atoms with Gasteiger partial charge in [0.05, 0.1) is 6.04 Å². The molecule has 31 heavy (non-hydrogen) atoms. The van der Waals surface area contributed by atoms with Crippen molar-refractivity contribution in [1.29, 1.82) is 0 Å². The number of hydrogen-bond donors (Lipinski definition) is 1. The van der Waals surface area contributed by atoms with Crippen molar-refractivity contribution in [3.63, 3.8) is 0 Å². The zero-order valence-corrected chi connectivity index (χ0v) is 18.0. The van der Waals surface area contributed by atoms with Crippen molar-refractivity contribution < 1.29 is 23.1 Å². The van der Waals surface area contributed by atoms with Crippen LogP contribution >= 0.6 is 0 Å². The van der Waals surface area contributed by atoms with Crippen LogP contribution in [-0.2, 0) is 17.6 Å². The van der Waals surface area contributed by atoms with Gasteiger partial charge in [-0.1, -0.05) is 6.92 Å². The van der Waals surface area contributed by atoms with Crippen LogP contribution in [-0.4, -0.2) is 34.7 Å². The number of pyridine rings is 2. The number of rotatable bonds is 10. The molecule has 0 spiro atoms. The fraction of sp³-hybridized carbons (Fsp3) is 0.478. The first-order valence-corrected chi connectivity index (χ1v) is 10.5. The Kier molecular flexibility index (Phi) is 7.30.